The summed E-state index contributed by atoms with van der Waals surface area (Å²) in [4.78, 5) is 16.7. The van der Waals surface area contributed by atoms with Gasteiger partial charge in [-0.15, -0.1) is 11.3 Å². The van der Waals surface area contributed by atoms with E-state index in [1.807, 2.05) is 43.5 Å². The van der Waals surface area contributed by atoms with Gasteiger partial charge in [0, 0.05) is 16.6 Å². The van der Waals surface area contributed by atoms with Crippen LogP contribution in [0, 0.1) is 19.7 Å². The van der Waals surface area contributed by atoms with Gasteiger partial charge in [0.2, 0.25) is 5.91 Å². The molecule has 0 aliphatic heterocycles. The number of amides is 1. The van der Waals surface area contributed by atoms with Crippen molar-refractivity contribution in [3.8, 4) is 10.6 Å². The molecule has 1 N–H and O–H groups in total. The van der Waals surface area contributed by atoms with Gasteiger partial charge in [-0.1, -0.05) is 30.3 Å². The standard InChI is InChI=1S/C19H17FN2OS/c1-12-5-3-6-13(2)18(12)22-17(23)10-16-11-24-19(21-16)14-7-4-8-15(20)9-14/h3-9,11H,10H2,1-2H3,(H,22,23). The molecule has 1 amide bonds. The smallest absolute Gasteiger partial charge is 0.230 e. The zero-order chi connectivity index (χ0) is 17.1. The first kappa shape index (κ1) is 16.3. The molecule has 0 radical (unpaired) electrons. The van der Waals surface area contributed by atoms with Gasteiger partial charge in [0.05, 0.1) is 12.1 Å². The molecule has 0 spiro atoms. The van der Waals surface area contributed by atoms with Crippen molar-refractivity contribution in [1.29, 1.82) is 0 Å². The number of benzene rings is 2. The summed E-state index contributed by atoms with van der Waals surface area (Å²) < 4.78 is 13.3. The van der Waals surface area contributed by atoms with Crippen LogP contribution in [0.5, 0.6) is 0 Å². The SMILES string of the molecule is Cc1cccc(C)c1NC(=O)Cc1csc(-c2cccc(F)c2)n1. The molecule has 0 atom stereocenters. The second kappa shape index (κ2) is 6.93. The van der Waals surface area contributed by atoms with Gasteiger partial charge in [0.1, 0.15) is 10.8 Å². The van der Waals surface area contributed by atoms with E-state index in [4.69, 9.17) is 0 Å². The average Bonchev–Trinajstić information content (AvgIpc) is 2.99. The molecule has 0 aliphatic carbocycles. The lowest BCUT2D eigenvalue weighted by atomic mass is 10.1. The van der Waals surface area contributed by atoms with Gasteiger partial charge in [-0.05, 0) is 37.1 Å². The number of para-hydroxylation sites is 1. The highest BCUT2D eigenvalue weighted by Crippen LogP contribution is 2.25. The molecular weight excluding hydrogens is 323 g/mol. The highest BCUT2D eigenvalue weighted by molar-refractivity contribution is 7.13. The van der Waals surface area contributed by atoms with Crippen LogP contribution in [0.2, 0.25) is 0 Å². The number of anilines is 1. The summed E-state index contributed by atoms with van der Waals surface area (Å²) in [5, 5.41) is 5.50. The van der Waals surface area contributed by atoms with Crippen LogP contribution in [0.25, 0.3) is 10.6 Å². The second-order valence-corrected chi connectivity index (χ2v) is 6.50. The molecule has 0 fully saturated rings. The minimum absolute atomic E-state index is 0.108. The van der Waals surface area contributed by atoms with Crippen LogP contribution in [0.1, 0.15) is 16.8 Å². The summed E-state index contributed by atoms with van der Waals surface area (Å²) >= 11 is 1.41. The Morgan fingerprint density at radius 3 is 2.58 bits per heavy atom. The van der Waals surface area contributed by atoms with Crippen molar-refractivity contribution in [3.63, 3.8) is 0 Å². The number of carbonyl (C=O) groups is 1. The van der Waals surface area contributed by atoms with Crippen molar-refractivity contribution < 1.29 is 9.18 Å². The molecule has 0 bridgehead atoms. The summed E-state index contributed by atoms with van der Waals surface area (Å²) in [5.41, 5.74) is 4.32. The van der Waals surface area contributed by atoms with E-state index < -0.39 is 0 Å². The number of halogens is 1. The maximum absolute atomic E-state index is 13.3. The van der Waals surface area contributed by atoms with Crippen molar-refractivity contribution >= 4 is 22.9 Å². The molecule has 2 aromatic carbocycles. The molecule has 122 valence electrons. The number of aryl methyl sites for hydroxylation is 2. The molecule has 1 heterocycles. The van der Waals surface area contributed by atoms with Crippen molar-refractivity contribution in [2.24, 2.45) is 0 Å². The fourth-order valence-electron chi connectivity index (χ4n) is 2.50. The van der Waals surface area contributed by atoms with Crippen LogP contribution in [0.4, 0.5) is 10.1 Å². The van der Waals surface area contributed by atoms with E-state index >= 15 is 0 Å². The van der Waals surface area contributed by atoms with Gasteiger partial charge in [0.25, 0.3) is 0 Å². The first-order valence-corrected chi connectivity index (χ1v) is 8.47. The van der Waals surface area contributed by atoms with Crippen molar-refractivity contribution in [2.45, 2.75) is 20.3 Å². The van der Waals surface area contributed by atoms with Crippen LogP contribution in [-0.4, -0.2) is 10.9 Å². The molecule has 3 aromatic rings. The van der Waals surface area contributed by atoms with Crippen molar-refractivity contribution in [3.05, 3.63) is 70.5 Å². The predicted octanol–water partition coefficient (Wildman–Crippen LogP) is 4.75. The minimum atomic E-state index is -0.294. The van der Waals surface area contributed by atoms with Gasteiger partial charge in [-0.2, -0.15) is 0 Å². The molecule has 3 nitrogen and oxygen atoms in total. The fraction of sp³-hybridized carbons (Fsp3) is 0.158. The third kappa shape index (κ3) is 3.68. The summed E-state index contributed by atoms with van der Waals surface area (Å²) in [6.07, 6.45) is 0.194. The molecule has 1 aromatic heterocycles. The van der Waals surface area contributed by atoms with Crippen LogP contribution in [0.3, 0.4) is 0 Å². The molecule has 0 aliphatic rings. The normalized spacial score (nSPS) is 10.6. The predicted molar refractivity (Wildman–Crippen MR) is 95.8 cm³/mol. The topological polar surface area (TPSA) is 42.0 Å². The Labute approximate surface area is 144 Å². The third-order valence-corrected chi connectivity index (χ3v) is 4.65. The lowest BCUT2D eigenvalue weighted by molar-refractivity contribution is -0.115. The number of carbonyl (C=O) groups excluding carboxylic acids is 1. The van der Waals surface area contributed by atoms with Crippen LogP contribution < -0.4 is 5.32 Å². The Kier molecular flexibility index (Phi) is 4.71. The molecular formula is C19H17FN2OS. The first-order chi connectivity index (χ1) is 11.5. The van der Waals surface area contributed by atoms with Crippen LogP contribution in [0.15, 0.2) is 47.8 Å². The van der Waals surface area contributed by atoms with Crippen LogP contribution >= 0.6 is 11.3 Å². The highest BCUT2D eigenvalue weighted by Gasteiger charge is 2.11. The summed E-state index contributed by atoms with van der Waals surface area (Å²) in [5.74, 6) is -0.402. The van der Waals surface area contributed by atoms with Gasteiger partial charge >= 0.3 is 0 Å². The average molecular weight is 340 g/mol. The number of aromatic nitrogens is 1. The Hall–Kier alpha value is -2.53. The van der Waals surface area contributed by atoms with Gasteiger partial charge < -0.3 is 5.32 Å². The molecule has 3 rings (SSSR count). The van der Waals surface area contributed by atoms with Gasteiger partial charge in [-0.25, -0.2) is 9.37 Å². The zero-order valence-corrected chi connectivity index (χ0v) is 14.3. The van der Waals surface area contributed by atoms with Crippen molar-refractivity contribution in [2.75, 3.05) is 5.32 Å². The number of hydrogen-bond donors (Lipinski definition) is 1. The number of nitrogens with zero attached hydrogens (tertiary/aromatic N) is 1. The molecule has 0 saturated heterocycles. The van der Waals surface area contributed by atoms with E-state index in [0.29, 0.717) is 10.7 Å². The lowest BCUT2D eigenvalue weighted by Gasteiger charge is -2.10. The van der Waals surface area contributed by atoms with Gasteiger partial charge in [-0.3, -0.25) is 4.79 Å². The second-order valence-electron chi connectivity index (χ2n) is 5.65. The number of rotatable bonds is 4. The fourth-order valence-corrected chi connectivity index (χ4v) is 3.32. The van der Waals surface area contributed by atoms with E-state index in [0.717, 1.165) is 22.4 Å². The molecule has 0 unspecified atom stereocenters. The number of hydrogen-bond acceptors (Lipinski definition) is 3. The summed E-state index contributed by atoms with van der Waals surface area (Å²) in [6, 6.07) is 12.2. The summed E-state index contributed by atoms with van der Waals surface area (Å²) in [7, 11) is 0. The van der Waals surface area contributed by atoms with Gasteiger partial charge in [0.15, 0.2) is 0 Å². The molecule has 0 saturated carbocycles. The Balaban J connectivity index is 1.72. The van der Waals surface area contributed by atoms with E-state index in [1.54, 1.807) is 6.07 Å². The highest BCUT2D eigenvalue weighted by atomic mass is 32.1. The number of thiazole rings is 1. The van der Waals surface area contributed by atoms with E-state index in [2.05, 4.69) is 10.3 Å². The summed E-state index contributed by atoms with van der Waals surface area (Å²) in [6.45, 7) is 3.93. The zero-order valence-electron chi connectivity index (χ0n) is 13.5. The Morgan fingerprint density at radius 1 is 1.17 bits per heavy atom. The van der Waals surface area contributed by atoms with E-state index in [9.17, 15) is 9.18 Å². The monoisotopic (exact) mass is 340 g/mol. The maximum atomic E-state index is 13.3. The van der Waals surface area contributed by atoms with E-state index in [1.165, 1.54) is 23.5 Å². The van der Waals surface area contributed by atoms with Crippen molar-refractivity contribution in [1.82, 2.24) is 4.98 Å². The first-order valence-electron chi connectivity index (χ1n) is 7.59. The molecule has 5 heteroatoms. The minimum Gasteiger partial charge on any atom is -0.325 e. The Bertz CT molecular complexity index is 868. The Morgan fingerprint density at radius 2 is 1.88 bits per heavy atom. The van der Waals surface area contributed by atoms with E-state index in [-0.39, 0.29) is 18.1 Å². The maximum Gasteiger partial charge on any atom is 0.230 e. The number of nitrogens with one attached hydrogen (secondary N) is 1. The molecule has 24 heavy (non-hydrogen) atoms. The largest absolute Gasteiger partial charge is 0.325 e. The third-order valence-electron chi connectivity index (χ3n) is 3.71. The lowest BCUT2D eigenvalue weighted by Crippen LogP contribution is -2.16. The van der Waals surface area contributed by atoms with Crippen LogP contribution in [-0.2, 0) is 11.2 Å². The quantitative estimate of drug-likeness (QED) is 0.745.